The lowest BCUT2D eigenvalue weighted by molar-refractivity contribution is 0.108. The summed E-state index contributed by atoms with van der Waals surface area (Å²) in [6.07, 6.45) is 4.16. The van der Waals surface area contributed by atoms with Gasteiger partial charge in [0, 0.05) is 26.3 Å². The van der Waals surface area contributed by atoms with Crippen LogP contribution in [-0.2, 0) is 9.47 Å². The first-order chi connectivity index (χ1) is 6.45. The van der Waals surface area contributed by atoms with E-state index in [4.69, 9.17) is 9.47 Å². The molecule has 3 nitrogen and oxygen atoms in total. The summed E-state index contributed by atoms with van der Waals surface area (Å²) in [6.45, 7) is 4.97. The van der Waals surface area contributed by atoms with E-state index in [0.717, 1.165) is 38.8 Å². The highest BCUT2D eigenvalue weighted by atomic mass is 16.5. The van der Waals surface area contributed by atoms with Crippen molar-refractivity contribution in [1.82, 2.24) is 5.32 Å². The summed E-state index contributed by atoms with van der Waals surface area (Å²) >= 11 is 0. The van der Waals surface area contributed by atoms with E-state index >= 15 is 0 Å². The fourth-order valence-corrected chi connectivity index (χ4v) is 2.00. The van der Waals surface area contributed by atoms with E-state index < -0.39 is 0 Å². The zero-order chi connectivity index (χ0) is 8.93. The largest absolute Gasteiger partial charge is 0.381 e. The molecule has 0 radical (unpaired) electrons. The summed E-state index contributed by atoms with van der Waals surface area (Å²) in [7, 11) is 0. The minimum atomic E-state index is 0.474. The topological polar surface area (TPSA) is 30.5 Å². The predicted octanol–water partition coefficient (Wildman–Crippen LogP) is 0.791. The van der Waals surface area contributed by atoms with E-state index in [2.05, 4.69) is 5.32 Å². The maximum absolute atomic E-state index is 5.52. The van der Waals surface area contributed by atoms with Crippen LogP contribution in [0.2, 0.25) is 0 Å². The van der Waals surface area contributed by atoms with Gasteiger partial charge in [0.25, 0.3) is 0 Å². The fraction of sp³-hybridized carbons (Fsp3) is 1.00. The molecule has 0 saturated carbocycles. The summed E-state index contributed by atoms with van der Waals surface area (Å²) in [5.74, 6) is 0.737. The molecule has 0 aliphatic carbocycles. The third-order valence-corrected chi connectivity index (χ3v) is 2.85. The molecule has 2 saturated heterocycles. The molecular weight excluding hydrogens is 166 g/mol. The van der Waals surface area contributed by atoms with Crippen LogP contribution < -0.4 is 5.32 Å². The highest BCUT2D eigenvalue weighted by molar-refractivity contribution is 4.71. The highest BCUT2D eigenvalue weighted by Gasteiger charge is 2.17. The smallest absolute Gasteiger partial charge is 0.0700 e. The van der Waals surface area contributed by atoms with Crippen molar-refractivity contribution in [2.24, 2.45) is 5.92 Å². The molecule has 0 aromatic carbocycles. The Morgan fingerprint density at radius 2 is 2.15 bits per heavy atom. The molecule has 2 rings (SSSR count). The normalized spacial score (nSPS) is 34.2. The number of rotatable bonds is 4. The Hall–Kier alpha value is -0.120. The van der Waals surface area contributed by atoms with Crippen LogP contribution in [0.1, 0.15) is 19.3 Å². The van der Waals surface area contributed by atoms with Crippen molar-refractivity contribution in [3.63, 3.8) is 0 Å². The molecule has 0 bridgehead atoms. The molecule has 0 spiro atoms. The zero-order valence-electron chi connectivity index (χ0n) is 8.13. The quantitative estimate of drug-likeness (QED) is 0.702. The second-order valence-electron chi connectivity index (χ2n) is 4.02. The van der Waals surface area contributed by atoms with E-state index in [1.807, 2.05) is 0 Å². The van der Waals surface area contributed by atoms with Crippen LogP contribution in [0.4, 0.5) is 0 Å². The van der Waals surface area contributed by atoms with Crippen molar-refractivity contribution in [3.8, 4) is 0 Å². The van der Waals surface area contributed by atoms with Gasteiger partial charge in [0.05, 0.1) is 12.7 Å². The van der Waals surface area contributed by atoms with Gasteiger partial charge in [-0.1, -0.05) is 0 Å². The van der Waals surface area contributed by atoms with Crippen LogP contribution >= 0.6 is 0 Å². The molecule has 2 aliphatic rings. The molecule has 0 aromatic rings. The Labute approximate surface area is 79.8 Å². The molecule has 13 heavy (non-hydrogen) atoms. The fourth-order valence-electron chi connectivity index (χ4n) is 2.00. The minimum Gasteiger partial charge on any atom is -0.381 e. The Morgan fingerprint density at radius 3 is 2.85 bits per heavy atom. The van der Waals surface area contributed by atoms with Gasteiger partial charge in [0.15, 0.2) is 0 Å². The second kappa shape index (κ2) is 4.94. The lowest BCUT2D eigenvalue weighted by Gasteiger charge is -2.13. The highest BCUT2D eigenvalue weighted by Crippen LogP contribution is 2.12. The number of hydrogen-bond acceptors (Lipinski definition) is 3. The second-order valence-corrected chi connectivity index (χ2v) is 4.02. The molecule has 2 atom stereocenters. The van der Waals surface area contributed by atoms with Crippen LogP contribution in [0.15, 0.2) is 0 Å². The zero-order valence-corrected chi connectivity index (χ0v) is 8.13. The first kappa shape index (κ1) is 9.44. The lowest BCUT2D eigenvalue weighted by Crippen LogP contribution is -2.30. The van der Waals surface area contributed by atoms with Crippen molar-refractivity contribution in [1.29, 1.82) is 0 Å². The van der Waals surface area contributed by atoms with Gasteiger partial charge < -0.3 is 14.8 Å². The van der Waals surface area contributed by atoms with Gasteiger partial charge >= 0.3 is 0 Å². The van der Waals surface area contributed by atoms with Crippen LogP contribution in [0.5, 0.6) is 0 Å². The molecule has 2 fully saturated rings. The van der Waals surface area contributed by atoms with Crippen molar-refractivity contribution < 1.29 is 9.47 Å². The van der Waals surface area contributed by atoms with Gasteiger partial charge in [-0.05, 0) is 25.2 Å². The predicted molar refractivity (Wildman–Crippen MR) is 50.8 cm³/mol. The summed E-state index contributed by atoms with van der Waals surface area (Å²) in [6, 6.07) is 0. The summed E-state index contributed by atoms with van der Waals surface area (Å²) in [5, 5.41) is 3.46. The number of hydrogen-bond donors (Lipinski definition) is 1. The number of ether oxygens (including phenoxy) is 2. The van der Waals surface area contributed by atoms with Gasteiger partial charge in [-0.2, -0.15) is 0 Å². The molecule has 0 aromatic heterocycles. The van der Waals surface area contributed by atoms with Crippen molar-refractivity contribution in [2.75, 3.05) is 32.9 Å². The molecule has 2 aliphatic heterocycles. The maximum Gasteiger partial charge on any atom is 0.0700 e. The molecule has 76 valence electrons. The molecule has 3 heteroatoms. The lowest BCUT2D eigenvalue weighted by atomic mass is 10.1. The van der Waals surface area contributed by atoms with Crippen molar-refractivity contribution in [2.45, 2.75) is 25.4 Å². The molecule has 2 unspecified atom stereocenters. The first-order valence-electron chi connectivity index (χ1n) is 5.35. The van der Waals surface area contributed by atoms with Crippen molar-refractivity contribution >= 4 is 0 Å². The van der Waals surface area contributed by atoms with Crippen LogP contribution in [0, 0.1) is 5.92 Å². The van der Waals surface area contributed by atoms with Gasteiger partial charge in [-0.15, -0.1) is 0 Å². The Morgan fingerprint density at radius 1 is 1.15 bits per heavy atom. The summed E-state index contributed by atoms with van der Waals surface area (Å²) in [5.41, 5.74) is 0. The van der Waals surface area contributed by atoms with Crippen molar-refractivity contribution in [3.05, 3.63) is 0 Å². The van der Waals surface area contributed by atoms with E-state index in [1.165, 1.54) is 19.3 Å². The third-order valence-electron chi connectivity index (χ3n) is 2.85. The average Bonchev–Trinajstić information content (AvgIpc) is 2.75. The molecular formula is C10H19NO2. The van der Waals surface area contributed by atoms with E-state index in [1.54, 1.807) is 0 Å². The van der Waals surface area contributed by atoms with Crippen LogP contribution in [-0.4, -0.2) is 39.0 Å². The molecule has 1 N–H and O–H groups in total. The minimum absolute atomic E-state index is 0.474. The summed E-state index contributed by atoms with van der Waals surface area (Å²) in [4.78, 5) is 0. The van der Waals surface area contributed by atoms with E-state index in [-0.39, 0.29) is 0 Å². The third kappa shape index (κ3) is 2.93. The SMILES string of the molecule is C1COC(CNCC2CCOC2)C1. The monoisotopic (exact) mass is 185 g/mol. The van der Waals surface area contributed by atoms with Gasteiger partial charge in [0.1, 0.15) is 0 Å². The van der Waals surface area contributed by atoms with Gasteiger partial charge in [-0.25, -0.2) is 0 Å². The Kier molecular flexibility index (Phi) is 3.58. The Bertz CT molecular complexity index is 124. The van der Waals surface area contributed by atoms with E-state index in [9.17, 15) is 0 Å². The van der Waals surface area contributed by atoms with Gasteiger partial charge in [0.2, 0.25) is 0 Å². The molecule has 0 amide bonds. The van der Waals surface area contributed by atoms with E-state index in [0.29, 0.717) is 6.10 Å². The maximum atomic E-state index is 5.52. The average molecular weight is 185 g/mol. The molecule has 2 heterocycles. The van der Waals surface area contributed by atoms with Gasteiger partial charge in [-0.3, -0.25) is 0 Å². The Balaban J connectivity index is 1.52. The van der Waals surface area contributed by atoms with Crippen LogP contribution in [0.3, 0.4) is 0 Å². The summed E-state index contributed by atoms with van der Waals surface area (Å²) < 4.78 is 10.8. The first-order valence-corrected chi connectivity index (χ1v) is 5.35. The number of nitrogens with one attached hydrogen (secondary N) is 1. The standard InChI is InChI=1S/C10H19NO2/c1-2-10(13-4-1)7-11-6-9-3-5-12-8-9/h9-11H,1-8H2. The van der Waals surface area contributed by atoms with Crippen LogP contribution in [0.25, 0.3) is 0 Å².